The summed E-state index contributed by atoms with van der Waals surface area (Å²) in [4.78, 5) is 18.0. The third kappa shape index (κ3) is 3.98. The largest absolute Gasteiger partial charge is 0.486 e. The zero-order valence-electron chi connectivity index (χ0n) is 16.9. The summed E-state index contributed by atoms with van der Waals surface area (Å²) in [7, 11) is -3.91. The number of carbonyl (C=O) groups excluding carboxylic acids is 1. The Morgan fingerprint density at radius 3 is 2.88 bits per heavy atom. The molecule has 3 aromatic rings. The van der Waals surface area contributed by atoms with Crippen molar-refractivity contribution in [1.82, 2.24) is 9.29 Å². The van der Waals surface area contributed by atoms with E-state index in [9.17, 15) is 13.2 Å². The zero-order chi connectivity index (χ0) is 22.1. The number of hydrogen-bond acceptors (Lipinski definition) is 9. The second-order valence-corrected chi connectivity index (χ2v) is 10.1. The van der Waals surface area contributed by atoms with Gasteiger partial charge in [-0.05, 0) is 36.4 Å². The quantitative estimate of drug-likeness (QED) is 0.500. The Hall–Kier alpha value is -2.89. The smallest absolute Gasteiger partial charge is 0.324 e. The van der Waals surface area contributed by atoms with Crippen LogP contribution in [-0.4, -0.2) is 49.5 Å². The number of sulfonamides is 1. The summed E-state index contributed by atoms with van der Waals surface area (Å²) in [6.07, 6.45) is 2.39. The van der Waals surface area contributed by atoms with E-state index in [4.69, 9.17) is 18.6 Å². The lowest BCUT2D eigenvalue weighted by Gasteiger charge is -2.24. The van der Waals surface area contributed by atoms with Crippen LogP contribution in [0.2, 0.25) is 0 Å². The summed E-state index contributed by atoms with van der Waals surface area (Å²) in [6, 6.07) is 7.35. The van der Waals surface area contributed by atoms with Gasteiger partial charge in [-0.25, -0.2) is 13.4 Å². The number of oxazole rings is 1. The molecular weight excluding hydrogens is 456 g/mol. The molecule has 4 heterocycles. The summed E-state index contributed by atoms with van der Waals surface area (Å²) in [5, 5.41) is 1.91. The molecule has 1 fully saturated rings. The molecule has 2 aliphatic heterocycles. The van der Waals surface area contributed by atoms with Crippen LogP contribution < -0.4 is 9.47 Å². The van der Waals surface area contributed by atoms with Gasteiger partial charge in [0.05, 0.1) is 9.77 Å². The number of carbonyl (C=O) groups is 1. The molecule has 0 unspecified atom stereocenters. The van der Waals surface area contributed by atoms with E-state index in [1.54, 1.807) is 6.07 Å². The molecule has 168 valence electrons. The highest BCUT2D eigenvalue weighted by molar-refractivity contribution is 7.89. The van der Waals surface area contributed by atoms with Crippen LogP contribution in [0.15, 0.2) is 51.3 Å². The zero-order valence-corrected chi connectivity index (χ0v) is 18.6. The van der Waals surface area contributed by atoms with Crippen LogP contribution in [0.4, 0.5) is 0 Å². The molecule has 2 aromatic heterocycles. The normalized spacial score (nSPS) is 18.6. The van der Waals surface area contributed by atoms with E-state index >= 15 is 0 Å². The maximum Gasteiger partial charge on any atom is 0.324 e. The third-order valence-corrected chi connectivity index (χ3v) is 8.00. The predicted molar refractivity (Wildman–Crippen MR) is 114 cm³/mol. The molecule has 0 amide bonds. The van der Waals surface area contributed by atoms with Gasteiger partial charge in [0.1, 0.15) is 37.8 Å². The molecule has 1 aromatic carbocycles. The summed E-state index contributed by atoms with van der Waals surface area (Å²) in [5.74, 6) is 0.726. The second-order valence-electron chi connectivity index (χ2n) is 7.31. The minimum absolute atomic E-state index is 0.0542. The van der Waals surface area contributed by atoms with Crippen molar-refractivity contribution in [2.75, 3.05) is 19.8 Å². The van der Waals surface area contributed by atoms with Gasteiger partial charge in [0.2, 0.25) is 15.9 Å². The SMILES string of the molecule is O=C(OCc1coc(-c2cccs2)n1)[C@H]1CCCN1S(=O)(=O)c1ccc2c(c1)OCCO2. The van der Waals surface area contributed by atoms with Crippen LogP contribution in [0.3, 0.4) is 0 Å². The van der Waals surface area contributed by atoms with Gasteiger partial charge < -0.3 is 18.6 Å². The van der Waals surface area contributed by atoms with Gasteiger partial charge in [0, 0.05) is 12.6 Å². The molecule has 1 saturated heterocycles. The van der Waals surface area contributed by atoms with Gasteiger partial charge in [-0.2, -0.15) is 4.31 Å². The topological polar surface area (TPSA) is 108 Å². The molecule has 1 atom stereocenters. The van der Waals surface area contributed by atoms with Gasteiger partial charge in [-0.1, -0.05) is 6.07 Å². The first-order chi connectivity index (χ1) is 15.5. The number of aromatic nitrogens is 1. The van der Waals surface area contributed by atoms with Crippen molar-refractivity contribution in [3.8, 4) is 22.3 Å². The molecule has 0 bridgehead atoms. The Balaban J connectivity index is 1.28. The summed E-state index contributed by atoms with van der Waals surface area (Å²) < 4.78 is 49.4. The Morgan fingerprint density at radius 1 is 1.22 bits per heavy atom. The number of fused-ring (bicyclic) bond motifs is 1. The van der Waals surface area contributed by atoms with Gasteiger partial charge in [-0.3, -0.25) is 4.79 Å². The monoisotopic (exact) mass is 476 g/mol. The molecule has 0 saturated carbocycles. The minimum Gasteiger partial charge on any atom is -0.486 e. The van der Waals surface area contributed by atoms with E-state index in [1.807, 2.05) is 17.5 Å². The fourth-order valence-electron chi connectivity index (χ4n) is 3.71. The maximum absolute atomic E-state index is 13.2. The van der Waals surface area contributed by atoms with Crippen molar-refractivity contribution in [1.29, 1.82) is 0 Å². The van der Waals surface area contributed by atoms with Crippen molar-refractivity contribution < 1.29 is 31.8 Å². The molecule has 0 aliphatic carbocycles. The Morgan fingerprint density at radius 2 is 2.06 bits per heavy atom. The number of esters is 1. The first-order valence-corrected chi connectivity index (χ1v) is 12.4. The lowest BCUT2D eigenvalue weighted by atomic mass is 10.2. The number of hydrogen-bond donors (Lipinski definition) is 0. The standard InChI is InChI=1S/C21H20N2O7S2/c24-21(30-13-14-12-29-20(22-14)19-4-2-10-31-19)16-3-1-7-23(16)32(25,26)15-5-6-17-18(11-15)28-9-8-27-17/h2,4-6,10-12,16H,1,3,7-9,13H2/t16-/m1/s1. The molecule has 32 heavy (non-hydrogen) atoms. The van der Waals surface area contributed by atoms with Crippen molar-refractivity contribution >= 4 is 27.3 Å². The molecule has 0 N–H and O–H groups in total. The van der Waals surface area contributed by atoms with Crippen molar-refractivity contribution in [3.63, 3.8) is 0 Å². The molecule has 5 rings (SSSR count). The van der Waals surface area contributed by atoms with E-state index in [0.29, 0.717) is 49.1 Å². The predicted octanol–water partition coefficient (Wildman–Crippen LogP) is 3.07. The van der Waals surface area contributed by atoms with E-state index in [0.717, 1.165) is 4.88 Å². The van der Waals surface area contributed by atoms with Gasteiger partial charge in [-0.15, -0.1) is 11.3 Å². The van der Waals surface area contributed by atoms with Crippen LogP contribution in [0.1, 0.15) is 18.5 Å². The second kappa shape index (κ2) is 8.57. The first-order valence-electron chi connectivity index (χ1n) is 10.1. The van der Waals surface area contributed by atoms with E-state index in [2.05, 4.69) is 4.98 Å². The molecule has 0 radical (unpaired) electrons. The highest BCUT2D eigenvalue weighted by Gasteiger charge is 2.41. The highest BCUT2D eigenvalue weighted by Crippen LogP contribution is 2.35. The van der Waals surface area contributed by atoms with Crippen LogP contribution >= 0.6 is 11.3 Å². The lowest BCUT2D eigenvalue weighted by Crippen LogP contribution is -2.41. The van der Waals surface area contributed by atoms with Gasteiger partial charge in [0.15, 0.2) is 11.5 Å². The van der Waals surface area contributed by atoms with Crippen LogP contribution in [0.25, 0.3) is 10.8 Å². The fraction of sp³-hybridized carbons (Fsp3) is 0.333. The first kappa shape index (κ1) is 21.0. The van der Waals surface area contributed by atoms with Crippen LogP contribution in [-0.2, 0) is 26.2 Å². The number of rotatable bonds is 6. The fourth-order valence-corrected chi connectivity index (χ4v) is 6.03. The molecule has 9 nitrogen and oxygen atoms in total. The van der Waals surface area contributed by atoms with Crippen LogP contribution in [0, 0.1) is 0 Å². The average molecular weight is 477 g/mol. The molecular formula is C21H20N2O7S2. The maximum atomic E-state index is 13.2. The Labute approximate surface area is 188 Å². The Kier molecular flexibility index (Phi) is 5.62. The summed E-state index contributed by atoms with van der Waals surface area (Å²) >= 11 is 1.49. The molecule has 0 spiro atoms. The van der Waals surface area contributed by atoms with Crippen molar-refractivity contribution in [3.05, 3.63) is 47.7 Å². The number of ether oxygens (including phenoxy) is 3. The van der Waals surface area contributed by atoms with E-state index in [1.165, 1.54) is 34.0 Å². The van der Waals surface area contributed by atoms with Crippen LogP contribution in [0.5, 0.6) is 11.5 Å². The average Bonchev–Trinajstić information content (AvgIpc) is 3.58. The minimum atomic E-state index is -3.91. The lowest BCUT2D eigenvalue weighted by molar-refractivity contribution is -0.148. The summed E-state index contributed by atoms with van der Waals surface area (Å²) in [6.45, 7) is 0.913. The Bertz CT molecular complexity index is 1220. The van der Waals surface area contributed by atoms with Gasteiger partial charge in [0.25, 0.3) is 0 Å². The number of thiophene rings is 1. The highest BCUT2D eigenvalue weighted by atomic mass is 32.2. The summed E-state index contributed by atoms with van der Waals surface area (Å²) in [5.41, 5.74) is 0.459. The van der Waals surface area contributed by atoms with E-state index in [-0.39, 0.29) is 18.0 Å². The third-order valence-electron chi connectivity index (χ3n) is 5.24. The van der Waals surface area contributed by atoms with Gasteiger partial charge >= 0.3 is 5.97 Å². The molecule has 11 heteroatoms. The molecule has 2 aliphatic rings. The number of nitrogens with zero attached hydrogens (tertiary/aromatic N) is 2. The van der Waals surface area contributed by atoms with Crippen molar-refractivity contribution in [2.24, 2.45) is 0 Å². The van der Waals surface area contributed by atoms with Crippen molar-refractivity contribution in [2.45, 2.75) is 30.4 Å². The van der Waals surface area contributed by atoms with E-state index < -0.39 is 22.0 Å². The number of benzene rings is 1.